The topological polar surface area (TPSA) is 131 Å². The summed E-state index contributed by atoms with van der Waals surface area (Å²) >= 11 is 0. The molecule has 0 atom stereocenters. The highest BCUT2D eigenvalue weighted by Crippen LogP contribution is 2.09. The molecule has 0 saturated carbocycles. The van der Waals surface area contributed by atoms with E-state index in [4.69, 9.17) is 0 Å². The molecule has 0 aliphatic heterocycles. The Morgan fingerprint density at radius 1 is 1.12 bits per heavy atom. The molecule has 3 N–H and O–H groups in total. The van der Waals surface area contributed by atoms with E-state index in [9.17, 15) is 22.8 Å². The van der Waals surface area contributed by atoms with Gasteiger partial charge >= 0.3 is 5.97 Å². The smallest absolute Gasteiger partial charge is 0.325 e. The van der Waals surface area contributed by atoms with Crippen molar-refractivity contribution in [3.8, 4) is 0 Å². The van der Waals surface area contributed by atoms with Crippen LogP contribution in [0.3, 0.4) is 0 Å². The minimum absolute atomic E-state index is 0.0144. The molecule has 0 saturated heterocycles. The molecule has 1 aromatic carbocycles. The van der Waals surface area contributed by atoms with Crippen LogP contribution in [0.25, 0.3) is 0 Å². The average Bonchev–Trinajstić information content (AvgIpc) is 2.57. The van der Waals surface area contributed by atoms with Crippen LogP contribution in [-0.2, 0) is 29.1 Å². The van der Waals surface area contributed by atoms with E-state index in [0.717, 1.165) is 12.7 Å². The highest BCUT2D eigenvalue weighted by Gasteiger charge is 2.17. The number of methoxy groups -OCH3 is 1. The summed E-state index contributed by atoms with van der Waals surface area (Å²) in [6.07, 6.45) is 0. The number of ether oxygens (including phenoxy) is 1. The van der Waals surface area contributed by atoms with Gasteiger partial charge in [-0.1, -0.05) is 24.3 Å². The fraction of sp³-hybridized carbons (Fsp3) is 0.267. The van der Waals surface area contributed by atoms with Crippen molar-refractivity contribution in [1.82, 2.24) is 15.4 Å². The molecular formula is C15H19N3O6S. The van der Waals surface area contributed by atoms with Gasteiger partial charge in [0.2, 0.25) is 15.9 Å². The molecule has 0 fully saturated rings. The zero-order valence-corrected chi connectivity index (χ0v) is 14.6. The monoisotopic (exact) mass is 369 g/mol. The van der Waals surface area contributed by atoms with Crippen molar-refractivity contribution in [2.45, 2.75) is 11.8 Å². The molecule has 0 aromatic heterocycles. The van der Waals surface area contributed by atoms with Crippen LogP contribution in [0.1, 0.15) is 5.56 Å². The molecule has 0 aliphatic rings. The van der Waals surface area contributed by atoms with E-state index >= 15 is 0 Å². The maximum Gasteiger partial charge on any atom is 0.325 e. The number of sulfonamides is 1. The van der Waals surface area contributed by atoms with Crippen molar-refractivity contribution >= 4 is 27.8 Å². The molecule has 9 nitrogen and oxygen atoms in total. The summed E-state index contributed by atoms with van der Waals surface area (Å²) in [7, 11) is -2.70. The Balaban J connectivity index is 2.51. The third-order valence-electron chi connectivity index (χ3n) is 2.94. The van der Waals surface area contributed by atoms with Crippen LogP contribution in [0, 0.1) is 6.92 Å². The van der Waals surface area contributed by atoms with Gasteiger partial charge < -0.3 is 15.4 Å². The molecule has 0 spiro atoms. The van der Waals surface area contributed by atoms with Gasteiger partial charge in [-0.3, -0.25) is 14.4 Å². The second kappa shape index (κ2) is 8.94. The Labute approximate surface area is 145 Å². The van der Waals surface area contributed by atoms with Crippen molar-refractivity contribution in [3.05, 3.63) is 42.1 Å². The molecule has 10 heteroatoms. The SMILES string of the molecule is C=C(NC(=O)CNS(=O)(=O)c1ccc(C)cc1)C(=O)NCC(=O)OC. The van der Waals surface area contributed by atoms with E-state index in [0.29, 0.717) is 0 Å². The number of esters is 1. The van der Waals surface area contributed by atoms with Crippen LogP contribution in [0.15, 0.2) is 41.4 Å². The molecule has 0 aliphatic carbocycles. The third-order valence-corrected chi connectivity index (χ3v) is 4.36. The molecule has 1 aromatic rings. The fourth-order valence-electron chi connectivity index (χ4n) is 1.56. The number of rotatable bonds is 8. The second-order valence-electron chi connectivity index (χ2n) is 4.92. The summed E-state index contributed by atoms with van der Waals surface area (Å²) in [6, 6.07) is 6.08. The lowest BCUT2D eigenvalue weighted by molar-refractivity contribution is -0.140. The second-order valence-corrected chi connectivity index (χ2v) is 6.69. The van der Waals surface area contributed by atoms with Gasteiger partial charge in [-0.2, -0.15) is 0 Å². The summed E-state index contributed by atoms with van der Waals surface area (Å²) < 4.78 is 30.5. The number of hydrogen-bond donors (Lipinski definition) is 3. The number of aryl methyl sites for hydroxylation is 1. The van der Waals surface area contributed by atoms with Crippen LogP contribution in [-0.4, -0.2) is 46.4 Å². The number of nitrogens with one attached hydrogen (secondary N) is 3. The zero-order valence-electron chi connectivity index (χ0n) is 13.8. The van der Waals surface area contributed by atoms with Gasteiger partial charge in [0.1, 0.15) is 6.54 Å². The van der Waals surface area contributed by atoms with Gasteiger partial charge in [0.15, 0.2) is 0 Å². The van der Waals surface area contributed by atoms with E-state index < -0.39 is 34.4 Å². The lowest BCUT2D eigenvalue weighted by Gasteiger charge is -2.10. The summed E-state index contributed by atoms with van der Waals surface area (Å²) in [5.74, 6) is -2.24. The number of amides is 2. The molecule has 0 heterocycles. The maximum atomic E-state index is 12.0. The van der Waals surface area contributed by atoms with Gasteiger partial charge in [0, 0.05) is 0 Å². The minimum atomic E-state index is -3.86. The normalized spacial score (nSPS) is 10.6. The summed E-state index contributed by atoms with van der Waals surface area (Å²) in [6.45, 7) is 4.18. The first-order valence-corrected chi connectivity index (χ1v) is 8.54. The standard InChI is InChI=1S/C15H19N3O6S/c1-10-4-6-12(7-5-10)25(22,23)17-8-13(19)18-11(2)15(21)16-9-14(20)24-3/h4-7,17H,2,8-9H2,1,3H3,(H,16,21)(H,18,19). The molecule has 0 radical (unpaired) electrons. The predicted molar refractivity (Wildman–Crippen MR) is 88.7 cm³/mol. The van der Waals surface area contributed by atoms with Crippen molar-refractivity contribution in [2.24, 2.45) is 0 Å². The van der Waals surface area contributed by atoms with Crippen LogP contribution in [0.4, 0.5) is 0 Å². The highest BCUT2D eigenvalue weighted by molar-refractivity contribution is 7.89. The summed E-state index contributed by atoms with van der Waals surface area (Å²) in [5, 5.41) is 4.31. The molecule has 25 heavy (non-hydrogen) atoms. The maximum absolute atomic E-state index is 12.0. The Morgan fingerprint density at radius 3 is 2.28 bits per heavy atom. The third kappa shape index (κ3) is 6.73. The Kier molecular flexibility index (Phi) is 7.27. The average molecular weight is 369 g/mol. The van der Waals surface area contributed by atoms with E-state index in [2.05, 4.69) is 26.7 Å². The van der Waals surface area contributed by atoms with E-state index in [1.807, 2.05) is 6.92 Å². The first kappa shape index (κ1) is 20.3. The number of benzene rings is 1. The molecule has 0 bridgehead atoms. The Hall–Kier alpha value is -2.72. The lowest BCUT2D eigenvalue weighted by atomic mass is 10.2. The molecule has 1 rings (SSSR count). The number of hydrogen-bond acceptors (Lipinski definition) is 6. The number of carbonyl (C=O) groups excluding carboxylic acids is 3. The van der Waals surface area contributed by atoms with Gasteiger partial charge in [-0.15, -0.1) is 0 Å². The first-order valence-electron chi connectivity index (χ1n) is 7.06. The van der Waals surface area contributed by atoms with Crippen molar-refractivity contribution in [1.29, 1.82) is 0 Å². The Bertz CT molecular complexity index is 771. The molecular weight excluding hydrogens is 350 g/mol. The highest BCUT2D eigenvalue weighted by atomic mass is 32.2. The minimum Gasteiger partial charge on any atom is -0.468 e. The molecule has 2 amide bonds. The quantitative estimate of drug-likeness (QED) is 0.406. The van der Waals surface area contributed by atoms with Crippen LogP contribution in [0.5, 0.6) is 0 Å². The number of carbonyl (C=O) groups is 3. The zero-order chi connectivity index (χ0) is 19.0. The predicted octanol–water partition coefficient (Wildman–Crippen LogP) is -0.808. The van der Waals surface area contributed by atoms with E-state index in [1.54, 1.807) is 12.1 Å². The molecule has 136 valence electrons. The van der Waals surface area contributed by atoms with Crippen molar-refractivity contribution < 1.29 is 27.5 Å². The van der Waals surface area contributed by atoms with Gasteiger partial charge in [0.05, 0.1) is 24.2 Å². The Morgan fingerprint density at radius 2 is 1.72 bits per heavy atom. The summed E-state index contributed by atoms with van der Waals surface area (Å²) in [4.78, 5) is 34.2. The van der Waals surface area contributed by atoms with E-state index in [-0.39, 0.29) is 17.1 Å². The van der Waals surface area contributed by atoms with Crippen molar-refractivity contribution in [3.63, 3.8) is 0 Å². The van der Waals surface area contributed by atoms with Crippen LogP contribution < -0.4 is 15.4 Å². The first-order chi connectivity index (χ1) is 11.7. The fourth-order valence-corrected chi connectivity index (χ4v) is 2.54. The summed E-state index contributed by atoms with van der Waals surface area (Å²) in [5.41, 5.74) is 0.564. The van der Waals surface area contributed by atoms with Crippen molar-refractivity contribution in [2.75, 3.05) is 20.2 Å². The largest absolute Gasteiger partial charge is 0.468 e. The van der Waals surface area contributed by atoms with Gasteiger partial charge in [0.25, 0.3) is 5.91 Å². The lowest BCUT2D eigenvalue weighted by Crippen LogP contribution is -2.41. The van der Waals surface area contributed by atoms with Crippen LogP contribution in [0.2, 0.25) is 0 Å². The van der Waals surface area contributed by atoms with Gasteiger partial charge in [-0.25, -0.2) is 13.1 Å². The van der Waals surface area contributed by atoms with Crippen LogP contribution >= 0.6 is 0 Å². The van der Waals surface area contributed by atoms with E-state index in [1.165, 1.54) is 12.1 Å². The molecule has 0 unspecified atom stereocenters. The van der Waals surface area contributed by atoms with Gasteiger partial charge in [-0.05, 0) is 19.1 Å².